The number of likely N-dealkylation sites (tertiary alicyclic amines) is 1. The Kier molecular flexibility index (Phi) is 4.51. The molecule has 0 radical (unpaired) electrons. The third-order valence-corrected chi connectivity index (χ3v) is 5.92. The predicted octanol–water partition coefficient (Wildman–Crippen LogP) is 4.40. The molecule has 0 spiro atoms. The van der Waals surface area contributed by atoms with Crippen LogP contribution < -0.4 is 4.74 Å². The van der Waals surface area contributed by atoms with Gasteiger partial charge >= 0.3 is 0 Å². The number of ketones is 1. The smallest absolute Gasteiger partial charge is 0.167 e. The van der Waals surface area contributed by atoms with Gasteiger partial charge in [0.25, 0.3) is 0 Å². The molecule has 0 N–H and O–H groups in total. The van der Waals surface area contributed by atoms with E-state index in [4.69, 9.17) is 4.74 Å². The van der Waals surface area contributed by atoms with E-state index in [0.29, 0.717) is 11.7 Å². The van der Waals surface area contributed by atoms with Crippen LogP contribution in [0.2, 0.25) is 0 Å². The maximum atomic E-state index is 13.2. The zero-order chi connectivity index (χ0) is 17.4. The van der Waals surface area contributed by atoms with E-state index < -0.39 is 0 Å². The Bertz CT molecular complexity index is 781. The van der Waals surface area contributed by atoms with Gasteiger partial charge in [0.15, 0.2) is 5.78 Å². The number of methoxy groups -OCH3 is 1. The molecule has 25 heavy (non-hydrogen) atoms. The van der Waals surface area contributed by atoms with E-state index in [1.165, 1.54) is 19.4 Å². The average molecular weight is 337 g/mol. The fraction of sp³-hybridized carbons (Fsp3) is 0.500. The van der Waals surface area contributed by atoms with Crippen LogP contribution in [-0.4, -0.2) is 37.4 Å². The first-order valence-electron chi connectivity index (χ1n) is 9.48. The van der Waals surface area contributed by atoms with Gasteiger partial charge in [0, 0.05) is 24.6 Å². The van der Waals surface area contributed by atoms with Crippen molar-refractivity contribution < 1.29 is 9.53 Å². The summed E-state index contributed by atoms with van der Waals surface area (Å²) in [5, 5.41) is 2.22. The number of Topliss-reactive ketones (excluding diaryl/α,β-unsaturated/α-hetero) is 1. The molecule has 0 amide bonds. The highest BCUT2D eigenvalue weighted by atomic mass is 16.5. The van der Waals surface area contributed by atoms with E-state index in [9.17, 15) is 4.79 Å². The zero-order valence-corrected chi connectivity index (χ0v) is 15.2. The first-order valence-corrected chi connectivity index (χ1v) is 9.48. The van der Waals surface area contributed by atoms with Crippen LogP contribution in [0.3, 0.4) is 0 Å². The SMILES string of the molecule is COc1ccc2cc(C(=O)[C@@H]3CN(CC4CC4)CC[C@H]3C)ccc2c1. The van der Waals surface area contributed by atoms with Gasteiger partial charge in [-0.05, 0) is 66.6 Å². The van der Waals surface area contributed by atoms with E-state index in [1.807, 2.05) is 36.4 Å². The molecule has 2 aliphatic rings. The van der Waals surface area contributed by atoms with E-state index in [0.717, 1.165) is 47.5 Å². The molecular weight excluding hydrogens is 310 g/mol. The van der Waals surface area contributed by atoms with Crippen molar-refractivity contribution in [2.75, 3.05) is 26.7 Å². The molecule has 2 atom stereocenters. The number of carbonyl (C=O) groups excluding carboxylic acids is 1. The minimum Gasteiger partial charge on any atom is -0.497 e. The first kappa shape index (κ1) is 16.6. The normalized spacial score (nSPS) is 24.4. The summed E-state index contributed by atoms with van der Waals surface area (Å²) >= 11 is 0. The number of ether oxygens (including phenoxy) is 1. The van der Waals surface area contributed by atoms with Gasteiger partial charge in [-0.1, -0.05) is 25.1 Å². The monoisotopic (exact) mass is 337 g/mol. The highest BCUT2D eigenvalue weighted by Crippen LogP contribution is 2.33. The van der Waals surface area contributed by atoms with Crippen LogP contribution in [-0.2, 0) is 0 Å². The fourth-order valence-electron chi connectivity index (χ4n) is 4.03. The molecule has 1 saturated heterocycles. The molecule has 0 unspecified atom stereocenters. The summed E-state index contributed by atoms with van der Waals surface area (Å²) in [5.74, 6) is 2.64. The van der Waals surface area contributed by atoms with Crippen molar-refractivity contribution in [2.24, 2.45) is 17.8 Å². The Morgan fingerprint density at radius 3 is 2.64 bits per heavy atom. The minimum atomic E-state index is 0.128. The van der Waals surface area contributed by atoms with Crippen molar-refractivity contribution >= 4 is 16.6 Å². The van der Waals surface area contributed by atoms with Crippen LogP contribution in [0.4, 0.5) is 0 Å². The fourth-order valence-corrected chi connectivity index (χ4v) is 4.03. The Morgan fingerprint density at radius 1 is 1.12 bits per heavy atom. The topological polar surface area (TPSA) is 29.5 Å². The van der Waals surface area contributed by atoms with Crippen molar-refractivity contribution in [1.29, 1.82) is 0 Å². The van der Waals surface area contributed by atoms with E-state index >= 15 is 0 Å². The molecule has 0 aromatic heterocycles. The summed E-state index contributed by atoms with van der Waals surface area (Å²) in [6.45, 7) is 5.51. The third-order valence-electron chi connectivity index (χ3n) is 5.92. The number of hydrogen-bond donors (Lipinski definition) is 0. The quantitative estimate of drug-likeness (QED) is 0.758. The van der Waals surface area contributed by atoms with Crippen molar-refractivity contribution in [2.45, 2.75) is 26.2 Å². The highest BCUT2D eigenvalue weighted by molar-refractivity contribution is 6.01. The van der Waals surface area contributed by atoms with Crippen molar-refractivity contribution in [3.63, 3.8) is 0 Å². The molecule has 3 nitrogen and oxygen atoms in total. The van der Waals surface area contributed by atoms with Gasteiger partial charge in [0.05, 0.1) is 7.11 Å². The molecule has 3 heteroatoms. The van der Waals surface area contributed by atoms with Crippen LogP contribution in [0.5, 0.6) is 5.75 Å². The summed E-state index contributed by atoms with van der Waals surface area (Å²) in [6.07, 6.45) is 3.88. The highest BCUT2D eigenvalue weighted by Gasteiger charge is 2.34. The van der Waals surface area contributed by atoms with Crippen LogP contribution in [0.15, 0.2) is 36.4 Å². The number of fused-ring (bicyclic) bond motifs is 1. The number of nitrogens with zero attached hydrogens (tertiary/aromatic N) is 1. The molecule has 2 aromatic rings. The second kappa shape index (κ2) is 6.80. The Morgan fingerprint density at radius 2 is 1.88 bits per heavy atom. The third kappa shape index (κ3) is 3.57. The Hall–Kier alpha value is -1.87. The molecule has 132 valence electrons. The largest absolute Gasteiger partial charge is 0.497 e. The van der Waals surface area contributed by atoms with Crippen LogP contribution in [0, 0.1) is 17.8 Å². The second-order valence-corrected chi connectivity index (χ2v) is 7.87. The lowest BCUT2D eigenvalue weighted by Gasteiger charge is -2.36. The molecule has 2 fully saturated rings. The lowest BCUT2D eigenvalue weighted by molar-refractivity contribution is 0.0711. The van der Waals surface area contributed by atoms with Gasteiger partial charge in [-0.3, -0.25) is 4.79 Å². The molecule has 1 aliphatic heterocycles. The molecular formula is C22H27NO2. The molecule has 0 bridgehead atoms. The van der Waals surface area contributed by atoms with Crippen LogP contribution in [0.25, 0.3) is 10.8 Å². The number of piperidine rings is 1. The minimum absolute atomic E-state index is 0.128. The Labute approximate surface area is 150 Å². The van der Waals surface area contributed by atoms with Crippen LogP contribution in [0.1, 0.15) is 36.5 Å². The van der Waals surface area contributed by atoms with Gasteiger partial charge in [0.2, 0.25) is 0 Å². The summed E-state index contributed by atoms with van der Waals surface area (Å²) in [4.78, 5) is 15.7. The number of benzene rings is 2. The van der Waals surface area contributed by atoms with Gasteiger partial charge in [-0.2, -0.15) is 0 Å². The van der Waals surface area contributed by atoms with Gasteiger partial charge < -0.3 is 9.64 Å². The number of rotatable bonds is 5. The maximum Gasteiger partial charge on any atom is 0.167 e. The van der Waals surface area contributed by atoms with Gasteiger partial charge in [-0.25, -0.2) is 0 Å². The molecule has 4 rings (SSSR count). The summed E-state index contributed by atoms with van der Waals surface area (Å²) in [7, 11) is 1.68. The van der Waals surface area contributed by atoms with Crippen LogP contribution >= 0.6 is 0 Å². The van der Waals surface area contributed by atoms with Crippen molar-refractivity contribution in [3.8, 4) is 5.75 Å². The first-order chi connectivity index (χ1) is 12.1. The molecule has 1 heterocycles. The Balaban J connectivity index is 1.54. The lowest BCUT2D eigenvalue weighted by Crippen LogP contribution is -2.43. The van der Waals surface area contributed by atoms with Crippen molar-refractivity contribution in [3.05, 3.63) is 42.0 Å². The molecule has 1 saturated carbocycles. The summed E-state index contributed by atoms with van der Waals surface area (Å²) < 4.78 is 5.29. The van der Waals surface area contributed by atoms with E-state index in [-0.39, 0.29) is 5.92 Å². The maximum absolute atomic E-state index is 13.2. The molecule has 2 aromatic carbocycles. The summed E-state index contributed by atoms with van der Waals surface area (Å²) in [5.41, 5.74) is 0.850. The lowest BCUT2D eigenvalue weighted by atomic mass is 9.81. The van der Waals surface area contributed by atoms with Gasteiger partial charge in [0.1, 0.15) is 5.75 Å². The number of carbonyl (C=O) groups is 1. The van der Waals surface area contributed by atoms with Gasteiger partial charge in [-0.15, -0.1) is 0 Å². The average Bonchev–Trinajstić information content (AvgIpc) is 3.46. The van der Waals surface area contributed by atoms with E-state index in [1.54, 1.807) is 7.11 Å². The second-order valence-electron chi connectivity index (χ2n) is 7.87. The molecule has 1 aliphatic carbocycles. The standard InChI is InChI=1S/C22H27NO2/c1-15-9-10-23(13-16-3-4-16)14-21(15)22(24)19-6-5-18-12-20(25-2)8-7-17(18)11-19/h5-8,11-12,15-16,21H,3-4,9-10,13-14H2,1-2H3/t15-,21-/m1/s1. The zero-order valence-electron chi connectivity index (χ0n) is 15.2. The van der Waals surface area contributed by atoms with E-state index in [2.05, 4.69) is 11.8 Å². The number of hydrogen-bond acceptors (Lipinski definition) is 3. The summed E-state index contributed by atoms with van der Waals surface area (Å²) in [6, 6.07) is 12.1. The predicted molar refractivity (Wildman–Crippen MR) is 101 cm³/mol. The van der Waals surface area contributed by atoms with Crippen molar-refractivity contribution in [1.82, 2.24) is 4.90 Å².